The van der Waals surface area contributed by atoms with Crippen LogP contribution in [0.5, 0.6) is 0 Å². The molecule has 0 radical (unpaired) electrons. The molecule has 0 aromatic carbocycles. The van der Waals surface area contributed by atoms with Gasteiger partial charge in [-0.25, -0.2) is 14.7 Å². The van der Waals surface area contributed by atoms with E-state index in [2.05, 4.69) is 20.4 Å². The zero-order chi connectivity index (χ0) is 16.2. The van der Waals surface area contributed by atoms with Crippen molar-refractivity contribution in [1.82, 2.24) is 20.1 Å². The van der Waals surface area contributed by atoms with Gasteiger partial charge in [-0.1, -0.05) is 18.9 Å². The number of guanidine groups is 1. The summed E-state index contributed by atoms with van der Waals surface area (Å²) in [6.07, 6.45) is 6.77. The second-order valence-corrected chi connectivity index (χ2v) is 6.19. The summed E-state index contributed by atoms with van der Waals surface area (Å²) in [5, 5.41) is 7.73. The minimum atomic E-state index is 0.491. The van der Waals surface area contributed by atoms with Gasteiger partial charge in [-0.15, -0.1) is 0 Å². The summed E-state index contributed by atoms with van der Waals surface area (Å²) >= 11 is 0. The minimum Gasteiger partial charge on any atom is -0.370 e. The zero-order valence-electron chi connectivity index (χ0n) is 13.8. The van der Waals surface area contributed by atoms with Gasteiger partial charge in [0.2, 0.25) is 0 Å². The molecule has 3 rings (SSSR count). The molecule has 2 aromatic heterocycles. The number of pyridine rings is 1. The SMILES string of the molecule is Cc1cc(C)n(-c2ccc(CN=C(N)NC3CCCC3)cn2)n1. The molecule has 0 unspecified atom stereocenters. The van der Waals surface area contributed by atoms with Crippen molar-refractivity contribution in [2.75, 3.05) is 0 Å². The van der Waals surface area contributed by atoms with Crippen LogP contribution in [0.15, 0.2) is 29.4 Å². The monoisotopic (exact) mass is 312 g/mol. The van der Waals surface area contributed by atoms with Crippen LogP contribution in [0, 0.1) is 13.8 Å². The third kappa shape index (κ3) is 3.88. The fraction of sp³-hybridized carbons (Fsp3) is 0.471. The van der Waals surface area contributed by atoms with Gasteiger partial charge in [0, 0.05) is 17.9 Å². The number of rotatable bonds is 4. The average molecular weight is 312 g/mol. The Kier molecular flexibility index (Phi) is 4.60. The van der Waals surface area contributed by atoms with Crippen molar-refractivity contribution in [3.63, 3.8) is 0 Å². The maximum Gasteiger partial charge on any atom is 0.189 e. The normalized spacial score (nSPS) is 16.0. The van der Waals surface area contributed by atoms with Crippen molar-refractivity contribution in [1.29, 1.82) is 0 Å². The van der Waals surface area contributed by atoms with Crippen molar-refractivity contribution in [2.45, 2.75) is 52.1 Å². The summed E-state index contributed by atoms with van der Waals surface area (Å²) in [5.74, 6) is 1.35. The maximum atomic E-state index is 5.95. The first kappa shape index (κ1) is 15.5. The first-order valence-corrected chi connectivity index (χ1v) is 8.17. The molecule has 2 heterocycles. The predicted molar refractivity (Wildman–Crippen MR) is 91.6 cm³/mol. The molecule has 0 bridgehead atoms. The van der Waals surface area contributed by atoms with Crippen molar-refractivity contribution in [3.8, 4) is 5.82 Å². The highest BCUT2D eigenvalue weighted by molar-refractivity contribution is 5.78. The largest absolute Gasteiger partial charge is 0.370 e. The molecule has 1 fully saturated rings. The lowest BCUT2D eigenvalue weighted by Crippen LogP contribution is -2.38. The van der Waals surface area contributed by atoms with E-state index >= 15 is 0 Å². The van der Waals surface area contributed by atoms with E-state index in [0.717, 1.165) is 22.8 Å². The van der Waals surface area contributed by atoms with E-state index < -0.39 is 0 Å². The summed E-state index contributed by atoms with van der Waals surface area (Å²) in [4.78, 5) is 8.88. The van der Waals surface area contributed by atoms with Gasteiger partial charge in [-0.3, -0.25) is 0 Å². The molecule has 23 heavy (non-hydrogen) atoms. The smallest absolute Gasteiger partial charge is 0.189 e. The highest BCUT2D eigenvalue weighted by atomic mass is 15.3. The molecule has 0 saturated heterocycles. The Morgan fingerprint density at radius 1 is 1.35 bits per heavy atom. The van der Waals surface area contributed by atoms with Crippen molar-refractivity contribution in [2.24, 2.45) is 10.7 Å². The Morgan fingerprint density at radius 2 is 2.13 bits per heavy atom. The molecule has 6 nitrogen and oxygen atoms in total. The number of aliphatic imine (C=N–C) groups is 1. The van der Waals surface area contributed by atoms with Gasteiger partial charge in [0.1, 0.15) is 0 Å². The molecule has 0 amide bonds. The van der Waals surface area contributed by atoms with E-state index in [1.54, 1.807) is 0 Å². The number of hydrogen-bond acceptors (Lipinski definition) is 3. The summed E-state index contributed by atoms with van der Waals surface area (Å²) < 4.78 is 1.85. The predicted octanol–water partition coefficient (Wildman–Crippen LogP) is 2.23. The second-order valence-electron chi connectivity index (χ2n) is 6.19. The van der Waals surface area contributed by atoms with Gasteiger partial charge in [-0.2, -0.15) is 5.10 Å². The molecule has 3 N–H and O–H groups in total. The van der Waals surface area contributed by atoms with Crippen molar-refractivity contribution >= 4 is 5.96 Å². The van der Waals surface area contributed by atoms with Crippen LogP contribution in [0.25, 0.3) is 5.82 Å². The maximum absolute atomic E-state index is 5.95. The third-order valence-electron chi connectivity index (χ3n) is 4.17. The average Bonchev–Trinajstić information content (AvgIpc) is 3.15. The van der Waals surface area contributed by atoms with Crippen LogP contribution in [0.1, 0.15) is 42.6 Å². The van der Waals surface area contributed by atoms with Gasteiger partial charge >= 0.3 is 0 Å². The fourth-order valence-electron chi connectivity index (χ4n) is 3.00. The lowest BCUT2D eigenvalue weighted by Gasteiger charge is -2.12. The first-order valence-electron chi connectivity index (χ1n) is 8.17. The van der Waals surface area contributed by atoms with Crippen LogP contribution in [0.3, 0.4) is 0 Å². The summed E-state index contributed by atoms with van der Waals surface area (Å²) in [6, 6.07) is 6.51. The highest BCUT2D eigenvalue weighted by Crippen LogP contribution is 2.17. The molecule has 1 aliphatic rings. The fourth-order valence-corrected chi connectivity index (χ4v) is 3.00. The van der Waals surface area contributed by atoms with Crippen LogP contribution < -0.4 is 11.1 Å². The summed E-state index contributed by atoms with van der Waals surface area (Å²) in [5.41, 5.74) is 9.05. The zero-order valence-corrected chi connectivity index (χ0v) is 13.8. The number of aromatic nitrogens is 3. The molecule has 1 aliphatic carbocycles. The Morgan fingerprint density at radius 3 is 2.74 bits per heavy atom. The lowest BCUT2D eigenvalue weighted by molar-refractivity contribution is 0.625. The van der Waals surface area contributed by atoms with Crippen LogP contribution in [-0.2, 0) is 6.54 Å². The summed E-state index contributed by atoms with van der Waals surface area (Å²) in [6.45, 7) is 4.54. The highest BCUT2D eigenvalue weighted by Gasteiger charge is 2.14. The molecule has 0 aliphatic heterocycles. The minimum absolute atomic E-state index is 0.491. The Balaban J connectivity index is 1.62. The topological polar surface area (TPSA) is 81.1 Å². The quantitative estimate of drug-likeness (QED) is 0.670. The Bertz CT molecular complexity index is 680. The summed E-state index contributed by atoms with van der Waals surface area (Å²) in [7, 11) is 0. The number of hydrogen-bond donors (Lipinski definition) is 2. The number of aryl methyl sites for hydroxylation is 2. The van der Waals surface area contributed by atoms with Gasteiger partial charge in [0.25, 0.3) is 0 Å². The molecule has 6 heteroatoms. The van der Waals surface area contributed by atoms with Gasteiger partial charge in [0.15, 0.2) is 11.8 Å². The standard InChI is InChI=1S/C17H24N6/c1-12-9-13(2)23(22-12)16-8-7-14(10-19-16)11-20-17(18)21-15-5-3-4-6-15/h7-10,15H,3-6,11H2,1-2H3,(H3,18,20,21). The van der Waals surface area contributed by atoms with E-state index in [1.807, 2.05) is 42.9 Å². The van der Waals surface area contributed by atoms with Crippen LogP contribution in [-0.4, -0.2) is 26.8 Å². The lowest BCUT2D eigenvalue weighted by atomic mass is 10.2. The number of nitrogens with two attached hydrogens (primary N) is 1. The van der Waals surface area contributed by atoms with Crippen LogP contribution >= 0.6 is 0 Å². The van der Waals surface area contributed by atoms with E-state index in [0.29, 0.717) is 18.5 Å². The van der Waals surface area contributed by atoms with Crippen LogP contribution in [0.2, 0.25) is 0 Å². The van der Waals surface area contributed by atoms with E-state index in [9.17, 15) is 0 Å². The van der Waals surface area contributed by atoms with Crippen molar-refractivity contribution < 1.29 is 0 Å². The van der Waals surface area contributed by atoms with Gasteiger partial charge < -0.3 is 11.1 Å². The third-order valence-corrected chi connectivity index (χ3v) is 4.17. The number of nitrogens with zero attached hydrogens (tertiary/aromatic N) is 4. The molecular weight excluding hydrogens is 288 g/mol. The first-order chi connectivity index (χ1) is 11.1. The van der Waals surface area contributed by atoms with E-state index in [1.165, 1.54) is 25.7 Å². The van der Waals surface area contributed by atoms with Gasteiger partial charge in [-0.05, 0) is 44.4 Å². The van der Waals surface area contributed by atoms with E-state index in [4.69, 9.17) is 5.73 Å². The van der Waals surface area contributed by atoms with E-state index in [-0.39, 0.29) is 0 Å². The number of nitrogens with one attached hydrogen (secondary N) is 1. The molecular formula is C17H24N6. The van der Waals surface area contributed by atoms with Gasteiger partial charge in [0.05, 0.1) is 12.2 Å². The molecule has 1 saturated carbocycles. The van der Waals surface area contributed by atoms with Crippen molar-refractivity contribution in [3.05, 3.63) is 41.3 Å². The molecule has 0 atom stereocenters. The molecule has 122 valence electrons. The molecule has 2 aromatic rings. The second kappa shape index (κ2) is 6.81. The Labute approximate surface area is 136 Å². The Hall–Kier alpha value is -2.37. The molecule has 0 spiro atoms. The van der Waals surface area contributed by atoms with Crippen LogP contribution in [0.4, 0.5) is 0 Å².